The summed E-state index contributed by atoms with van der Waals surface area (Å²) in [5.41, 5.74) is 2.23. The lowest BCUT2D eigenvalue weighted by Crippen LogP contribution is -2.30. The maximum absolute atomic E-state index is 4.23. The van der Waals surface area contributed by atoms with Crippen LogP contribution in [0.15, 0.2) is 36.5 Å². The van der Waals surface area contributed by atoms with E-state index in [0.717, 1.165) is 17.9 Å². The molecule has 0 saturated heterocycles. The van der Waals surface area contributed by atoms with Crippen LogP contribution in [0.4, 0.5) is 0 Å². The first-order chi connectivity index (χ1) is 9.59. The maximum atomic E-state index is 4.23. The zero-order valence-corrected chi connectivity index (χ0v) is 12.7. The summed E-state index contributed by atoms with van der Waals surface area (Å²) in [6, 6.07) is 10.7. The smallest absolute Gasteiger partial charge is 0.0732 e. The van der Waals surface area contributed by atoms with Crippen LogP contribution in [0.1, 0.15) is 39.3 Å². The van der Waals surface area contributed by atoms with Gasteiger partial charge in [0.2, 0.25) is 0 Å². The molecule has 0 bridgehead atoms. The molecule has 1 heterocycles. The minimum Gasteiger partial charge on any atom is -0.314 e. The van der Waals surface area contributed by atoms with Gasteiger partial charge < -0.3 is 5.32 Å². The van der Waals surface area contributed by atoms with Crippen molar-refractivity contribution in [3.8, 4) is 5.69 Å². The van der Waals surface area contributed by atoms with Gasteiger partial charge in [0.15, 0.2) is 0 Å². The molecule has 0 spiro atoms. The van der Waals surface area contributed by atoms with E-state index in [0.29, 0.717) is 17.9 Å². The highest BCUT2D eigenvalue weighted by Crippen LogP contribution is 2.24. The zero-order valence-electron chi connectivity index (χ0n) is 12.7. The van der Waals surface area contributed by atoms with Crippen molar-refractivity contribution < 1.29 is 0 Å². The molecular formula is C16H24N4. The molecule has 1 aromatic carbocycles. The number of benzene rings is 1. The molecule has 0 aliphatic heterocycles. The fourth-order valence-electron chi connectivity index (χ4n) is 2.21. The largest absolute Gasteiger partial charge is 0.314 e. The summed E-state index contributed by atoms with van der Waals surface area (Å²) in [6.07, 6.45) is 1.88. The predicted molar refractivity (Wildman–Crippen MR) is 82.1 cm³/mol. The molecule has 0 radical (unpaired) electrons. The molecule has 0 fully saturated rings. The molecule has 20 heavy (non-hydrogen) atoms. The van der Waals surface area contributed by atoms with Crippen molar-refractivity contribution in [1.29, 1.82) is 0 Å². The summed E-state index contributed by atoms with van der Waals surface area (Å²) < 4.78 is 1.94. The van der Waals surface area contributed by atoms with Crippen molar-refractivity contribution in [1.82, 2.24) is 20.3 Å². The van der Waals surface area contributed by atoms with Crippen LogP contribution in [0.25, 0.3) is 5.69 Å². The Labute approximate surface area is 121 Å². The Bertz CT molecular complexity index is 518. The fourth-order valence-corrected chi connectivity index (χ4v) is 2.21. The summed E-state index contributed by atoms with van der Waals surface area (Å²) >= 11 is 0. The molecular weight excluding hydrogens is 248 g/mol. The Morgan fingerprint density at radius 3 is 2.45 bits per heavy atom. The van der Waals surface area contributed by atoms with Gasteiger partial charge in [-0.3, -0.25) is 0 Å². The molecule has 4 heteroatoms. The van der Waals surface area contributed by atoms with E-state index in [2.05, 4.69) is 55.5 Å². The van der Waals surface area contributed by atoms with Gasteiger partial charge in [-0.2, -0.15) is 0 Å². The first kappa shape index (κ1) is 14.7. The molecule has 2 atom stereocenters. The van der Waals surface area contributed by atoms with E-state index in [1.165, 1.54) is 0 Å². The van der Waals surface area contributed by atoms with Crippen LogP contribution in [0, 0.1) is 5.92 Å². The van der Waals surface area contributed by atoms with Crippen LogP contribution >= 0.6 is 0 Å². The van der Waals surface area contributed by atoms with Gasteiger partial charge in [-0.15, -0.1) is 5.10 Å². The molecule has 0 aliphatic carbocycles. The summed E-state index contributed by atoms with van der Waals surface area (Å²) in [6.45, 7) is 9.85. The highest BCUT2D eigenvalue weighted by Gasteiger charge is 2.19. The van der Waals surface area contributed by atoms with E-state index in [1.54, 1.807) is 0 Å². The minimum absolute atomic E-state index is 0.399. The number of hydrogen-bond acceptors (Lipinski definition) is 3. The van der Waals surface area contributed by atoms with Crippen LogP contribution in [-0.2, 0) is 0 Å². The summed E-state index contributed by atoms with van der Waals surface area (Å²) in [5, 5.41) is 11.8. The Balaban J connectivity index is 2.15. The third-order valence-corrected chi connectivity index (χ3v) is 3.74. The van der Waals surface area contributed by atoms with Crippen LogP contribution in [0.2, 0.25) is 0 Å². The average Bonchev–Trinajstić information content (AvgIpc) is 2.94. The van der Waals surface area contributed by atoms with E-state index in [-0.39, 0.29) is 0 Å². The normalized spacial score (nSPS) is 14.4. The quantitative estimate of drug-likeness (QED) is 0.879. The lowest BCUT2D eigenvalue weighted by molar-refractivity contribution is 0.416. The second kappa shape index (κ2) is 6.66. The molecule has 0 aliphatic rings. The summed E-state index contributed by atoms with van der Waals surface area (Å²) in [4.78, 5) is 0. The van der Waals surface area contributed by atoms with Crippen molar-refractivity contribution in [2.75, 3.05) is 6.54 Å². The van der Waals surface area contributed by atoms with Crippen molar-refractivity contribution in [2.24, 2.45) is 5.92 Å². The minimum atomic E-state index is 0.399. The monoisotopic (exact) mass is 272 g/mol. The number of hydrogen-bond donors (Lipinski definition) is 1. The molecule has 4 nitrogen and oxygen atoms in total. The van der Waals surface area contributed by atoms with Crippen LogP contribution < -0.4 is 5.32 Å². The van der Waals surface area contributed by atoms with Gasteiger partial charge in [0, 0.05) is 12.0 Å². The molecule has 2 aromatic rings. The second-order valence-electron chi connectivity index (χ2n) is 5.74. The molecule has 0 amide bonds. The molecule has 2 rings (SSSR count). The number of para-hydroxylation sites is 1. The molecule has 1 aromatic heterocycles. The van der Waals surface area contributed by atoms with Gasteiger partial charge in [0.25, 0.3) is 0 Å². The molecule has 2 unspecified atom stereocenters. The number of nitrogens with one attached hydrogen (secondary N) is 1. The van der Waals surface area contributed by atoms with Gasteiger partial charge in [-0.25, -0.2) is 4.68 Å². The van der Waals surface area contributed by atoms with Crippen molar-refractivity contribution in [2.45, 2.75) is 39.7 Å². The van der Waals surface area contributed by atoms with E-state index in [4.69, 9.17) is 0 Å². The Kier molecular flexibility index (Phi) is 4.90. The standard InChI is InChI=1S/C16H24N4/c1-12(2)17-10-13(3)14(4)16-11-18-19-20(16)15-8-6-5-7-9-15/h5-9,11-14,17H,10H2,1-4H3. The van der Waals surface area contributed by atoms with Gasteiger partial charge in [0.1, 0.15) is 0 Å². The van der Waals surface area contributed by atoms with E-state index >= 15 is 0 Å². The van der Waals surface area contributed by atoms with Crippen LogP contribution in [0.3, 0.4) is 0 Å². The van der Waals surface area contributed by atoms with E-state index < -0.39 is 0 Å². The van der Waals surface area contributed by atoms with Crippen LogP contribution in [-0.4, -0.2) is 27.6 Å². The first-order valence-corrected chi connectivity index (χ1v) is 7.29. The van der Waals surface area contributed by atoms with E-state index in [9.17, 15) is 0 Å². The Morgan fingerprint density at radius 2 is 1.80 bits per heavy atom. The topological polar surface area (TPSA) is 42.7 Å². The third kappa shape index (κ3) is 3.45. The molecule has 108 valence electrons. The Hall–Kier alpha value is -1.68. The lowest BCUT2D eigenvalue weighted by atomic mass is 9.92. The van der Waals surface area contributed by atoms with Crippen molar-refractivity contribution in [3.63, 3.8) is 0 Å². The predicted octanol–water partition coefficient (Wildman–Crippen LogP) is 3.00. The fraction of sp³-hybridized carbons (Fsp3) is 0.500. The number of rotatable bonds is 6. The highest BCUT2D eigenvalue weighted by molar-refractivity contribution is 5.32. The highest BCUT2D eigenvalue weighted by atomic mass is 15.4. The van der Waals surface area contributed by atoms with Gasteiger partial charge >= 0.3 is 0 Å². The summed E-state index contributed by atoms with van der Waals surface area (Å²) in [5.74, 6) is 0.926. The average molecular weight is 272 g/mol. The van der Waals surface area contributed by atoms with Gasteiger partial charge in [-0.05, 0) is 24.6 Å². The number of nitrogens with zero attached hydrogens (tertiary/aromatic N) is 3. The summed E-state index contributed by atoms with van der Waals surface area (Å²) in [7, 11) is 0. The first-order valence-electron chi connectivity index (χ1n) is 7.29. The van der Waals surface area contributed by atoms with Crippen molar-refractivity contribution in [3.05, 3.63) is 42.2 Å². The van der Waals surface area contributed by atoms with Crippen LogP contribution in [0.5, 0.6) is 0 Å². The van der Waals surface area contributed by atoms with Crippen molar-refractivity contribution >= 4 is 0 Å². The Morgan fingerprint density at radius 1 is 1.10 bits per heavy atom. The SMILES string of the molecule is CC(C)NCC(C)C(C)c1cnnn1-c1ccccc1. The third-order valence-electron chi connectivity index (χ3n) is 3.74. The van der Waals surface area contributed by atoms with Gasteiger partial charge in [-0.1, -0.05) is 51.1 Å². The molecule has 1 N–H and O–H groups in total. The van der Waals surface area contributed by atoms with E-state index in [1.807, 2.05) is 29.1 Å². The second-order valence-corrected chi connectivity index (χ2v) is 5.74. The maximum Gasteiger partial charge on any atom is 0.0732 e. The van der Waals surface area contributed by atoms with Gasteiger partial charge in [0.05, 0.1) is 17.6 Å². The zero-order chi connectivity index (χ0) is 14.5. The number of aromatic nitrogens is 3. The lowest BCUT2D eigenvalue weighted by Gasteiger charge is -2.22. The molecule has 0 saturated carbocycles.